The number of nitrogens with one attached hydrogen (secondary N) is 1. The molecule has 5 heteroatoms. The fourth-order valence-corrected chi connectivity index (χ4v) is 1.43. The number of nitrogen functional groups attached to an aromatic ring is 2. The Hall–Kier alpha value is -2.69. The molecule has 92 valence electrons. The molecule has 0 aromatic heterocycles. The molecule has 0 atom stereocenters. The number of guanidine groups is 1. The van der Waals surface area contributed by atoms with Gasteiger partial charge >= 0.3 is 0 Å². The van der Waals surface area contributed by atoms with Gasteiger partial charge in [-0.2, -0.15) is 0 Å². The van der Waals surface area contributed by atoms with Crippen LogP contribution in [-0.2, 0) is 0 Å². The molecule has 0 radical (unpaired) electrons. The first-order valence-electron chi connectivity index (χ1n) is 5.46. The van der Waals surface area contributed by atoms with E-state index in [9.17, 15) is 0 Å². The first-order valence-corrected chi connectivity index (χ1v) is 5.46. The lowest BCUT2D eigenvalue weighted by molar-refractivity contribution is 1.44. The highest BCUT2D eigenvalue weighted by molar-refractivity contribution is 5.94. The zero-order valence-corrected chi connectivity index (χ0v) is 9.80. The van der Waals surface area contributed by atoms with Crippen LogP contribution in [0.25, 0.3) is 0 Å². The van der Waals surface area contributed by atoms with Crippen molar-refractivity contribution < 1.29 is 0 Å². The standard InChI is InChI=1S/C13H15N5/c14-9-1-5-11(6-2-9)17-13(16)18-12-7-3-10(15)4-8-12/h1-8H,14-15H2,(H3,16,17,18). The summed E-state index contributed by atoms with van der Waals surface area (Å²) in [7, 11) is 0. The van der Waals surface area contributed by atoms with Gasteiger partial charge in [0.05, 0.1) is 5.69 Å². The molecule has 0 heterocycles. The molecule has 0 fully saturated rings. The Bertz CT molecular complexity index is 543. The zero-order valence-electron chi connectivity index (χ0n) is 9.80. The lowest BCUT2D eigenvalue weighted by Crippen LogP contribution is -2.21. The summed E-state index contributed by atoms with van der Waals surface area (Å²) in [6.07, 6.45) is 0. The van der Waals surface area contributed by atoms with E-state index >= 15 is 0 Å². The number of rotatable bonds is 2. The molecular formula is C13H15N5. The molecule has 2 aromatic carbocycles. The Balaban J connectivity index is 2.09. The van der Waals surface area contributed by atoms with Crippen molar-refractivity contribution in [2.45, 2.75) is 0 Å². The van der Waals surface area contributed by atoms with Crippen molar-refractivity contribution in [3.05, 3.63) is 48.5 Å². The molecule has 0 unspecified atom stereocenters. The van der Waals surface area contributed by atoms with Crippen LogP contribution >= 0.6 is 0 Å². The summed E-state index contributed by atoms with van der Waals surface area (Å²) in [5, 5.41) is 2.97. The third-order valence-electron chi connectivity index (χ3n) is 2.33. The van der Waals surface area contributed by atoms with Gasteiger partial charge in [0, 0.05) is 17.1 Å². The first kappa shape index (κ1) is 11.8. The fraction of sp³-hybridized carbons (Fsp3) is 0. The molecule has 0 aliphatic carbocycles. The maximum atomic E-state index is 5.79. The van der Waals surface area contributed by atoms with E-state index in [1.54, 1.807) is 36.4 Å². The third kappa shape index (κ3) is 3.15. The second-order valence-corrected chi connectivity index (χ2v) is 3.84. The van der Waals surface area contributed by atoms with Crippen LogP contribution in [0.5, 0.6) is 0 Å². The minimum absolute atomic E-state index is 0.310. The molecule has 0 aliphatic rings. The van der Waals surface area contributed by atoms with Crippen LogP contribution in [0.15, 0.2) is 53.5 Å². The quantitative estimate of drug-likeness (QED) is 0.366. The largest absolute Gasteiger partial charge is 0.399 e. The van der Waals surface area contributed by atoms with Crippen LogP contribution in [0.2, 0.25) is 0 Å². The third-order valence-corrected chi connectivity index (χ3v) is 2.33. The van der Waals surface area contributed by atoms with Gasteiger partial charge in [0.15, 0.2) is 5.96 Å². The van der Waals surface area contributed by atoms with Gasteiger partial charge in [0.25, 0.3) is 0 Å². The molecule has 0 bridgehead atoms. The molecule has 5 nitrogen and oxygen atoms in total. The van der Waals surface area contributed by atoms with Gasteiger partial charge in [-0.1, -0.05) is 0 Å². The van der Waals surface area contributed by atoms with Gasteiger partial charge in [-0.05, 0) is 48.5 Å². The highest BCUT2D eigenvalue weighted by Crippen LogP contribution is 2.15. The Morgan fingerprint density at radius 1 is 0.833 bits per heavy atom. The average Bonchev–Trinajstić information content (AvgIpc) is 2.35. The summed E-state index contributed by atoms with van der Waals surface area (Å²) in [4.78, 5) is 4.21. The van der Waals surface area contributed by atoms with E-state index in [4.69, 9.17) is 17.2 Å². The molecule has 7 N–H and O–H groups in total. The van der Waals surface area contributed by atoms with Gasteiger partial charge in [-0.3, -0.25) is 0 Å². The van der Waals surface area contributed by atoms with Crippen LogP contribution in [-0.4, -0.2) is 5.96 Å². The summed E-state index contributed by atoms with van der Waals surface area (Å²) < 4.78 is 0. The van der Waals surface area contributed by atoms with E-state index in [-0.39, 0.29) is 0 Å². The van der Waals surface area contributed by atoms with Crippen molar-refractivity contribution >= 4 is 28.7 Å². The van der Waals surface area contributed by atoms with Gasteiger partial charge in [0.2, 0.25) is 0 Å². The molecule has 0 saturated carbocycles. The minimum Gasteiger partial charge on any atom is -0.399 e. The normalized spacial score (nSPS) is 11.2. The van der Waals surface area contributed by atoms with Crippen molar-refractivity contribution in [3.8, 4) is 0 Å². The summed E-state index contributed by atoms with van der Waals surface area (Å²) in [5.74, 6) is 0.310. The minimum atomic E-state index is 0.310. The number of hydrogen-bond acceptors (Lipinski definition) is 3. The van der Waals surface area contributed by atoms with E-state index in [0.717, 1.165) is 11.4 Å². The molecule has 18 heavy (non-hydrogen) atoms. The molecule has 2 rings (SSSR count). The van der Waals surface area contributed by atoms with Crippen molar-refractivity contribution in [1.29, 1.82) is 0 Å². The van der Waals surface area contributed by atoms with Crippen molar-refractivity contribution in [1.82, 2.24) is 0 Å². The van der Waals surface area contributed by atoms with Crippen LogP contribution in [0, 0.1) is 0 Å². The maximum Gasteiger partial charge on any atom is 0.198 e. The summed E-state index contributed by atoms with van der Waals surface area (Å²) in [5.41, 5.74) is 19.9. The summed E-state index contributed by atoms with van der Waals surface area (Å²) in [6.45, 7) is 0. The smallest absolute Gasteiger partial charge is 0.198 e. The average molecular weight is 241 g/mol. The molecule has 0 amide bonds. The Morgan fingerprint density at radius 2 is 1.33 bits per heavy atom. The van der Waals surface area contributed by atoms with Crippen LogP contribution in [0.3, 0.4) is 0 Å². The monoisotopic (exact) mass is 241 g/mol. The van der Waals surface area contributed by atoms with Crippen molar-refractivity contribution in [2.24, 2.45) is 10.7 Å². The number of nitrogens with two attached hydrogens (primary N) is 3. The maximum absolute atomic E-state index is 5.79. The van der Waals surface area contributed by atoms with Crippen molar-refractivity contribution in [2.75, 3.05) is 16.8 Å². The number of anilines is 3. The van der Waals surface area contributed by atoms with Crippen molar-refractivity contribution in [3.63, 3.8) is 0 Å². The second kappa shape index (κ2) is 5.09. The predicted octanol–water partition coefficient (Wildman–Crippen LogP) is 1.91. The predicted molar refractivity (Wildman–Crippen MR) is 76.6 cm³/mol. The lowest BCUT2D eigenvalue weighted by atomic mass is 10.3. The topological polar surface area (TPSA) is 102 Å². The Morgan fingerprint density at radius 3 is 1.89 bits per heavy atom. The van der Waals surface area contributed by atoms with Gasteiger partial charge in [-0.25, -0.2) is 4.99 Å². The highest BCUT2D eigenvalue weighted by atomic mass is 15.1. The molecule has 0 spiro atoms. The Kier molecular flexibility index (Phi) is 3.33. The summed E-state index contributed by atoms with van der Waals surface area (Å²) >= 11 is 0. The SMILES string of the molecule is NC(=Nc1ccc(N)cc1)Nc1ccc(N)cc1. The van der Waals surface area contributed by atoms with Gasteiger partial charge < -0.3 is 22.5 Å². The highest BCUT2D eigenvalue weighted by Gasteiger charge is 1.96. The van der Waals surface area contributed by atoms with Gasteiger partial charge in [0.1, 0.15) is 0 Å². The van der Waals surface area contributed by atoms with E-state index < -0.39 is 0 Å². The molecule has 0 saturated heterocycles. The first-order chi connectivity index (χ1) is 8.63. The van der Waals surface area contributed by atoms with Gasteiger partial charge in [-0.15, -0.1) is 0 Å². The molecule has 2 aromatic rings. The molecular weight excluding hydrogens is 226 g/mol. The second-order valence-electron chi connectivity index (χ2n) is 3.84. The lowest BCUT2D eigenvalue weighted by Gasteiger charge is -2.05. The number of nitrogens with zero attached hydrogens (tertiary/aromatic N) is 1. The number of hydrogen-bond donors (Lipinski definition) is 4. The summed E-state index contributed by atoms with van der Waals surface area (Å²) in [6, 6.07) is 14.4. The van der Waals surface area contributed by atoms with E-state index in [0.29, 0.717) is 17.3 Å². The Labute approximate surface area is 105 Å². The number of aliphatic imine (C=N–C) groups is 1. The van der Waals surface area contributed by atoms with E-state index in [2.05, 4.69) is 10.3 Å². The molecule has 0 aliphatic heterocycles. The van der Waals surface area contributed by atoms with Crippen LogP contribution < -0.4 is 22.5 Å². The van der Waals surface area contributed by atoms with E-state index in [1.807, 2.05) is 12.1 Å². The zero-order chi connectivity index (χ0) is 13.0. The van der Waals surface area contributed by atoms with Crippen LogP contribution in [0.1, 0.15) is 0 Å². The van der Waals surface area contributed by atoms with E-state index in [1.165, 1.54) is 0 Å². The van der Waals surface area contributed by atoms with Crippen LogP contribution in [0.4, 0.5) is 22.7 Å². The fourth-order valence-electron chi connectivity index (χ4n) is 1.43. The number of benzene rings is 2.